The van der Waals surface area contributed by atoms with E-state index in [1.165, 1.54) is 0 Å². The van der Waals surface area contributed by atoms with Gasteiger partial charge in [0.25, 0.3) is 5.91 Å². The minimum atomic E-state index is 0.0753. The van der Waals surface area contributed by atoms with E-state index in [9.17, 15) is 4.79 Å². The minimum Gasteiger partial charge on any atom is -0.382 e. The van der Waals surface area contributed by atoms with Crippen molar-refractivity contribution in [3.63, 3.8) is 0 Å². The number of carbonyl (C=O) groups excluding carboxylic acids is 1. The number of ether oxygens (including phenoxy) is 2. The van der Waals surface area contributed by atoms with Crippen molar-refractivity contribution in [3.8, 4) is 0 Å². The number of benzene rings is 1. The van der Waals surface area contributed by atoms with Crippen molar-refractivity contribution in [2.45, 2.75) is 18.9 Å². The highest BCUT2D eigenvalue weighted by Crippen LogP contribution is 2.18. The Morgan fingerprint density at radius 3 is 3.05 bits per heavy atom. The summed E-state index contributed by atoms with van der Waals surface area (Å²) in [7, 11) is 1.66. The first-order valence-electron chi connectivity index (χ1n) is 6.86. The normalized spacial score (nSPS) is 19.1. The van der Waals surface area contributed by atoms with E-state index >= 15 is 0 Å². The summed E-state index contributed by atoms with van der Waals surface area (Å²) in [5.41, 5.74) is 0.719. The van der Waals surface area contributed by atoms with Crippen LogP contribution in [0.3, 0.4) is 0 Å². The van der Waals surface area contributed by atoms with Gasteiger partial charge in [0.05, 0.1) is 19.3 Å². The number of amides is 1. The van der Waals surface area contributed by atoms with Crippen LogP contribution in [0, 0.1) is 0 Å². The van der Waals surface area contributed by atoms with Crippen molar-refractivity contribution in [2.24, 2.45) is 0 Å². The van der Waals surface area contributed by atoms with Crippen LogP contribution in [-0.4, -0.2) is 50.3 Å². The van der Waals surface area contributed by atoms with Crippen LogP contribution in [-0.2, 0) is 9.47 Å². The van der Waals surface area contributed by atoms with Crippen LogP contribution in [0.4, 0.5) is 0 Å². The first-order valence-corrected chi connectivity index (χ1v) is 7.65. The molecule has 0 radical (unpaired) electrons. The Bertz CT molecular complexity index is 452. The van der Waals surface area contributed by atoms with E-state index in [1.807, 2.05) is 29.2 Å². The van der Waals surface area contributed by atoms with E-state index in [1.54, 1.807) is 7.11 Å². The SMILES string of the molecule is COCCOC1CCCN(C(=O)c2cccc(Br)c2)C1. The maximum Gasteiger partial charge on any atom is 0.253 e. The van der Waals surface area contributed by atoms with Crippen molar-refractivity contribution in [2.75, 3.05) is 33.4 Å². The van der Waals surface area contributed by atoms with Crippen molar-refractivity contribution >= 4 is 21.8 Å². The standard InChI is InChI=1S/C15H20BrNO3/c1-19-8-9-20-14-6-3-7-17(11-14)15(18)12-4-2-5-13(16)10-12/h2,4-5,10,14H,3,6-9,11H2,1H3. The van der Waals surface area contributed by atoms with Gasteiger partial charge in [-0.3, -0.25) is 4.79 Å². The molecule has 1 aliphatic rings. The lowest BCUT2D eigenvalue weighted by atomic mass is 10.1. The molecule has 0 spiro atoms. The van der Waals surface area contributed by atoms with Crippen LogP contribution < -0.4 is 0 Å². The lowest BCUT2D eigenvalue weighted by Crippen LogP contribution is -2.43. The molecular weight excluding hydrogens is 322 g/mol. The molecule has 2 rings (SSSR count). The number of piperidine rings is 1. The molecule has 0 bridgehead atoms. The Balaban J connectivity index is 1.93. The van der Waals surface area contributed by atoms with E-state index in [0.717, 1.165) is 29.4 Å². The molecule has 0 aliphatic carbocycles. The molecule has 1 amide bonds. The minimum absolute atomic E-state index is 0.0753. The van der Waals surface area contributed by atoms with Crippen LogP contribution in [0.15, 0.2) is 28.7 Å². The molecule has 1 heterocycles. The van der Waals surface area contributed by atoms with Gasteiger partial charge in [-0.2, -0.15) is 0 Å². The van der Waals surface area contributed by atoms with Gasteiger partial charge in [-0.25, -0.2) is 0 Å². The van der Waals surface area contributed by atoms with Crippen molar-refractivity contribution < 1.29 is 14.3 Å². The summed E-state index contributed by atoms with van der Waals surface area (Å²) < 4.78 is 11.6. The highest BCUT2D eigenvalue weighted by molar-refractivity contribution is 9.10. The van der Waals surface area contributed by atoms with Crippen LogP contribution in [0.5, 0.6) is 0 Å². The average molecular weight is 342 g/mol. The van der Waals surface area contributed by atoms with Crippen LogP contribution in [0.1, 0.15) is 23.2 Å². The molecule has 1 atom stereocenters. The Morgan fingerprint density at radius 1 is 1.45 bits per heavy atom. The molecule has 4 nitrogen and oxygen atoms in total. The third-order valence-corrected chi connectivity index (χ3v) is 3.87. The van der Waals surface area contributed by atoms with Crippen LogP contribution in [0.2, 0.25) is 0 Å². The second-order valence-corrected chi connectivity index (χ2v) is 5.81. The molecule has 1 saturated heterocycles. The van der Waals surface area contributed by atoms with Gasteiger partial charge in [-0.05, 0) is 31.0 Å². The summed E-state index contributed by atoms with van der Waals surface area (Å²) in [6.07, 6.45) is 2.11. The van der Waals surface area contributed by atoms with Crippen LogP contribution >= 0.6 is 15.9 Å². The van der Waals surface area contributed by atoms with Gasteiger partial charge in [0, 0.05) is 30.2 Å². The number of nitrogens with zero attached hydrogens (tertiary/aromatic N) is 1. The lowest BCUT2D eigenvalue weighted by molar-refractivity contribution is -0.0171. The molecule has 1 aromatic rings. The third-order valence-electron chi connectivity index (χ3n) is 3.38. The predicted molar refractivity (Wildman–Crippen MR) is 80.9 cm³/mol. The van der Waals surface area contributed by atoms with E-state index < -0.39 is 0 Å². The van der Waals surface area contributed by atoms with Gasteiger partial charge in [0.15, 0.2) is 0 Å². The monoisotopic (exact) mass is 341 g/mol. The zero-order valence-corrected chi connectivity index (χ0v) is 13.3. The summed E-state index contributed by atoms with van der Waals surface area (Å²) in [6, 6.07) is 7.51. The smallest absolute Gasteiger partial charge is 0.253 e. The fourth-order valence-electron chi connectivity index (χ4n) is 2.36. The number of methoxy groups -OCH3 is 1. The molecule has 0 saturated carbocycles. The average Bonchev–Trinajstić information content (AvgIpc) is 2.47. The lowest BCUT2D eigenvalue weighted by Gasteiger charge is -2.32. The largest absolute Gasteiger partial charge is 0.382 e. The summed E-state index contributed by atoms with van der Waals surface area (Å²) >= 11 is 3.40. The zero-order valence-electron chi connectivity index (χ0n) is 11.7. The second kappa shape index (κ2) is 7.76. The third kappa shape index (κ3) is 4.30. The van der Waals surface area contributed by atoms with Crippen molar-refractivity contribution in [3.05, 3.63) is 34.3 Å². The van der Waals surface area contributed by atoms with Crippen molar-refractivity contribution in [1.82, 2.24) is 4.90 Å². The first kappa shape index (κ1) is 15.5. The highest BCUT2D eigenvalue weighted by Gasteiger charge is 2.24. The van der Waals surface area contributed by atoms with E-state index in [4.69, 9.17) is 9.47 Å². The van der Waals surface area contributed by atoms with Gasteiger partial charge in [-0.1, -0.05) is 22.0 Å². The highest BCUT2D eigenvalue weighted by atomic mass is 79.9. The number of halogens is 1. The van der Waals surface area contributed by atoms with E-state index in [2.05, 4.69) is 15.9 Å². The first-order chi connectivity index (χ1) is 9.70. The van der Waals surface area contributed by atoms with E-state index in [0.29, 0.717) is 19.8 Å². The van der Waals surface area contributed by atoms with Gasteiger partial charge in [0.1, 0.15) is 0 Å². The quantitative estimate of drug-likeness (QED) is 0.773. The zero-order chi connectivity index (χ0) is 14.4. The summed E-state index contributed by atoms with van der Waals surface area (Å²) in [4.78, 5) is 14.3. The molecule has 20 heavy (non-hydrogen) atoms. The Kier molecular flexibility index (Phi) is 6.01. The molecular formula is C15H20BrNO3. The second-order valence-electron chi connectivity index (χ2n) is 4.89. The Hall–Kier alpha value is -0.910. The summed E-state index contributed by atoms with van der Waals surface area (Å²) in [5, 5.41) is 0. The van der Waals surface area contributed by atoms with Gasteiger partial charge in [-0.15, -0.1) is 0 Å². The Morgan fingerprint density at radius 2 is 2.30 bits per heavy atom. The summed E-state index contributed by atoms with van der Waals surface area (Å²) in [5.74, 6) is 0.0753. The number of hydrogen-bond donors (Lipinski definition) is 0. The predicted octanol–water partition coefficient (Wildman–Crippen LogP) is 2.72. The molecule has 0 aromatic heterocycles. The Labute approximate surface area is 128 Å². The number of hydrogen-bond acceptors (Lipinski definition) is 3. The number of likely N-dealkylation sites (tertiary alicyclic amines) is 1. The fraction of sp³-hybridized carbons (Fsp3) is 0.533. The molecule has 1 aliphatic heterocycles. The summed E-state index contributed by atoms with van der Waals surface area (Å²) in [6.45, 7) is 2.64. The van der Waals surface area contributed by atoms with Gasteiger partial charge >= 0.3 is 0 Å². The topological polar surface area (TPSA) is 38.8 Å². The van der Waals surface area contributed by atoms with Gasteiger partial charge < -0.3 is 14.4 Å². The number of rotatable bonds is 5. The molecule has 1 fully saturated rings. The van der Waals surface area contributed by atoms with Gasteiger partial charge in [0.2, 0.25) is 0 Å². The molecule has 5 heteroatoms. The van der Waals surface area contributed by atoms with Crippen LogP contribution in [0.25, 0.3) is 0 Å². The molecule has 110 valence electrons. The molecule has 1 unspecified atom stereocenters. The van der Waals surface area contributed by atoms with Crippen molar-refractivity contribution in [1.29, 1.82) is 0 Å². The molecule has 1 aromatic carbocycles. The fourth-order valence-corrected chi connectivity index (χ4v) is 2.76. The van der Waals surface area contributed by atoms with E-state index in [-0.39, 0.29) is 12.0 Å². The number of carbonyl (C=O) groups is 1. The molecule has 0 N–H and O–H groups in total. The maximum absolute atomic E-state index is 12.5. The maximum atomic E-state index is 12.5.